The number of aromatic amines is 1. The zero-order valence-corrected chi connectivity index (χ0v) is 7.45. The van der Waals surface area contributed by atoms with Crippen LogP contribution in [0.4, 0.5) is 0 Å². The van der Waals surface area contributed by atoms with E-state index in [1.165, 1.54) is 18.6 Å². The SMILES string of the molecule is O=C(O)/C=C/C(=O)O.O=c1cncc[nH]1. The summed E-state index contributed by atoms with van der Waals surface area (Å²) >= 11 is 0. The second-order valence-electron chi connectivity index (χ2n) is 2.11. The third kappa shape index (κ3) is 9.47. The van der Waals surface area contributed by atoms with E-state index >= 15 is 0 Å². The average molecular weight is 212 g/mol. The number of hydrogen-bond donors (Lipinski definition) is 3. The van der Waals surface area contributed by atoms with E-state index in [0.29, 0.717) is 12.2 Å². The average Bonchev–Trinajstić information content (AvgIpc) is 2.17. The van der Waals surface area contributed by atoms with E-state index in [4.69, 9.17) is 10.2 Å². The van der Waals surface area contributed by atoms with Crippen molar-refractivity contribution in [3.05, 3.63) is 41.1 Å². The molecule has 3 N–H and O–H groups in total. The van der Waals surface area contributed by atoms with Gasteiger partial charge in [0.05, 0.1) is 6.20 Å². The smallest absolute Gasteiger partial charge is 0.328 e. The Labute approximate surface area is 83.7 Å². The highest BCUT2D eigenvalue weighted by Gasteiger charge is 1.88. The van der Waals surface area contributed by atoms with Gasteiger partial charge < -0.3 is 15.2 Å². The normalized spacial score (nSPS) is 9.07. The first-order valence-electron chi connectivity index (χ1n) is 3.65. The predicted octanol–water partition coefficient (Wildman–Crippen LogP) is -0.518. The van der Waals surface area contributed by atoms with Crippen molar-refractivity contribution in [2.45, 2.75) is 0 Å². The Hall–Kier alpha value is -2.44. The molecule has 15 heavy (non-hydrogen) atoms. The predicted molar refractivity (Wildman–Crippen MR) is 49.3 cm³/mol. The van der Waals surface area contributed by atoms with Crippen LogP contribution in [0.3, 0.4) is 0 Å². The van der Waals surface area contributed by atoms with Gasteiger partial charge in [-0.15, -0.1) is 0 Å². The summed E-state index contributed by atoms with van der Waals surface area (Å²) in [6.45, 7) is 0. The molecule has 0 atom stereocenters. The second kappa shape index (κ2) is 7.01. The number of aliphatic carboxylic acids is 2. The van der Waals surface area contributed by atoms with Gasteiger partial charge in [0, 0.05) is 24.5 Å². The maximum atomic E-state index is 10.2. The van der Waals surface area contributed by atoms with Gasteiger partial charge in [0.1, 0.15) is 0 Å². The number of carboxylic acids is 2. The van der Waals surface area contributed by atoms with E-state index in [1.807, 2.05) is 0 Å². The van der Waals surface area contributed by atoms with Crippen LogP contribution in [-0.4, -0.2) is 32.1 Å². The molecular weight excluding hydrogens is 204 g/mol. The molecule has 0 aliphatic carbocycles. The van der Waals surface area contributed by atoms with Gasteiger partial charge in [-0.25, -0.2) is 9.59 Å². The molecule has 7 heteroatoms. The third-order valence-corrected chi connectivity index (χ3v) is 0.946. The zero-order chi connectivity index (χ0) is 11.7. The molecule has 0 fully saturated rings. The molecule has 7 nitrogen and oxygen atoms in total. The Morgan fingerprint density at radius 1 is 1.27 bits per heavy atom. The summed E-state index contributed by atoms with van der Waals surface area (Å²) in [6.07, 6.45) is 5.34. The van der Waals surface area contributed by atoms with E-state index < -0.39 is 11.9 Å². The van der Waals surface area contributed by atoms with Crippen molar-refractivity contribution in [2.75, 3.05) is 0 Å². The summed E-state index contributed by atoms with van der Waals surface area (Å²) in [7, 11) is 0. The lowest BCUT2D eigenvalue weighted by Gasteiger charge is -1.74. The van der Waals surface area contributed by atoms with E-state index in [-0.39, 0.29) is 5.56 Å². The van der Waals surface area contributed by atoms with Crippen molar-refractivity contribution < 1.29 is 19.8 Å². The van der Waals surface area contributed by atoms with Gasteiger partial charge in [-0.2, -0.15) is 0 Å². The molecule has 0 bridgehead atoms. The minimum atomic E-state index is -1.26. The van der Waals surface area contributed by atoms with E-state index in [2.05, 4.69) is 9.97 Å². The van der Waals surface area contributed by atoms with Gasteiger partial charge in [-0.3, -0.25) is 9.78 Å². The number of carboxylic acid groups (broad SMARTS) is 2. The Kier molecular flexibility index (Phi) is 5.87. The molecule has 0 radical (unpaired) electrons. The Morgan fingerprint density at radius 2 is 1.80 bits per heavy atom. The molecule has 0 aliphatic rings. The quantitative estimate of drug-likeness (QED) is 0.567. The van der Waals surface area contributed by atoms with Crippen LogP contribution in [0.1, 0.15) is 0 Å². The Balaban J connectivity index is 0.000000262. The van der Waals surface area contributed by atoms with Crippen LogP contribution in [0.5, 0.6) is 0 Å². The van der Waals surface area contributed by atoms with Gasteiger partial charge in [0.2, 0.25) is 0 Å². The first-order valence-corrected chi connectivity index (χ1v) is 3.65. The minimum Gasteiger partial charge on any atom is -0.478 e. The molecule has 0 amide bonds. The molecule has 1 aromatic heterocycles. The molecule has 0 saturated carbocycles. The number of carbonyl (C=O) groups is 2. The highest BCUT2D eigenvalue weighted by molar-refractivity contribution is 5.89. The van der Waals surface area contributed by atoms with Crippen LogP contribution in [0.2, 0.25) is 0 Å². The summed E-state index contributed by atoms with van der Waals surface area (Å²) < 4.78 is 0. The van der Waals surface area contributed by atoms with Crippen LogP contribution >= 0.6 is 0 Å². The Morgan fingerprint density at radius 3 is 2.00 bits per heavy atom. The fraction of sp³-hybridized carbons (Fsp3) is 0. The number of rotatable bonds is 2. The number of nitrogens with one attached hydrogen (secondary N) is 1. The minimum absolute atomic E-state index is 0.164. The number of hydrogen-bond acceptors (Lipinski definition) is 4. The fourth-order valence-electron chi connectivity index (χ4n) is 0.453. The van der Waals surface area contributed by atoms with E-state index in [1.54, 1.807) is 0 Å². The summed E-state index contributed by atoms with van der Waals surface area (Å²) in [5.41, 5.74) is -0.164. The summed E-state index contributed by atoms with van der Waals surface area (Å²) in [4.78, 5) is 35.2. The van der Waals surface area contributed by atoms with Crippen LogP contribution in [0, 0.1) is 0 Å². The number of H-pyrrole nitrogens is 1. The van der Waals surface area contributed by atoms with Crippen LogP contribution < -0.4 is 5.56 Å². The number of aromatic nitrogens is 2. The standard InChI is InChI=1S/C4H4N2O.C4H4O4/c7-4-3-5-1-2-6-4;5-3(6)1-2-4(7)8/h1-3H,(H,6,7);1-2H,(H,5,6)(H,7,8)/b;2-1+. The van der Waals surface area contributed by atoms with Gasteiger partial charge in [0.15, 0.2) is 0 Å². The monoisotopic (exact) mass is 212 g/mol. The van der Waals surface area contributed by atoms with Crippen molar-refractivity contribution in [3.63, 3.8) is 0 Å². The summed E-state index contributed by atoms with van der Waals surface area (Å²) in [5, 5.41) is 15.6. The lowest BCUT2D eigenvalue weighted by atomic mass is 10.5. The van der Waals surface area contributed by atoms with Gasteiger partial charge in [-0.1, -0.05) is 0 Å². The van der Waals surface area contributed by atoms with Gasteiger partial charge in [-0.05, 0) is 0 Å². The number of nitrogens with zero attached hydrogens (tertiary/aromatic N) is 1. The first kappa shape index (κ1) is 12.6. The molecular formula is C8H8N2O5. The lowest BCUT2D eigenvalue weighted by Crippen LogP contribution is -2.01. The molecule has 0 aromatic carbocycles. The molecule has 1 aromatic rings. The maximum absolute atomic E-state index is 10.2. The summed E-state index contributed by atoms with van der Waals surface area (Å²) in [6, 6.07) is 0. The molecule has 1 rings (SSSR count). The molecule has 0 unspecified atom stereocenters. The highest BCUT2D eigenvalue weighted by atomic mass is 16.4. The molecule has 1 heterocycles. The first-order chi connectivity index (χ1) is 7.02. The second-order valence-corrected chi connectivity index (χ2v) is 2.11. The summed E-state index contributed by atoms with van der Waals surface area (Å²) in [5.74, 6) is -2.51. The third-order valence-electron chi connectivity index (χ3n) is 0.946. The van der Waals surface area contributed by atoms with Crippen molar-refractivity contribution in [2.24, 2.45) is 0 Å². The zero-order valence-electron chi connectivity index (χ0n) is 7.45. The maximum Gasteiger partial charge on any atom is 0.328 e. The van der Waals surface area contributed by atoms with Gasteiger partial charge in [0.25, 0.3) is 5.56 Å². The Bertz CT molecular complexity index is 376. The highest BCUT2D eigenvalue weighted by Crippen LogP contribution is 1.70. The van der Waals surface area contributed by atoms with Gasteiger partial charge >= 0.3 is 11.9 Å². The van der Waals surface area contributed by atoms with Crippen LogP contribution in [0.25, 0.3) is 0 Å². The van der Waals surface area contributed by atoms with Crippen molar-refractivity contribution in [3.8, 4) is 0 Å². The lowest BCUT2D eigenvalue weighted by molar-refractivity contribution is -0.134. The molecule has 0 saturated heterocycles. The van der Waals surface area contributed by atoms with Crippen molar-refractivity contribution >= 4 is 11.9 Å². The molecule has 0 spiro atoms. The van der Waals surface area contributed by atoms with E-state index in [0.717, 1.165) is 0 Å². The largest absolute Gasteiger partial charge is 0.478 e. The van der Waals surface area contributed by atoms with Crippen molar-refractivity contribution in [1.82, 2.24) is 9.97 Å². The van der Waals surface area contributed by atoms with Crippen LogP contribution in [0.15, 0.2) is 35.5 Å². The van der Waals surface area contributed by atoms with Crippen molar-refractivity contribution in [1.29, 1.82) is 0 Å². The van der Waals surface area contributed by atoms with Crippen LogP contribution in [-0.2, 0) is 9.59 Å². The fourth-order valence-corrected chi connectivity index (χ4v) is 0.453. The van der Waals surface area contributed by atoms with E-state index in [9.17, 15) is 14.4 Å². The molecule has 80 valence electrons. The molecule has 0 aliphatic heterocycles. The topological polar surface area (TPSA) is 120 Å².